The second kappa shape index (κ2) is 13.0. The summed E-state index contributed by atoms with van der Waals surface area (Å²) >= 11 is 3.36. The Balaban J connectivity index is 1.07. The van der Waals surface area contributed by atoms with Gasteiger partial charge in [0.1, 0.15) is 11.9 Å². The van der Waals surface area contributed by atoms with Crippen molar-refractivity contribution < 1.29 is 18.7 Å². The number of likely N-dealkylation sites (tertiary alicyclic amines) is 1. The Hall–Kier alpha value is -3.23. The highest BCUT2D eigenvalue weighted by Gasteiger charge is 2.42. The Bertz CT molecular complexity index is 1320. The van der Waals surface area contributed by atoms with Crippen molar-refractivity contribution in [2.24, 2.45) is 11.8 Å². The predicted molar refractivity (Wildman–Crippen MR) is 159 cm³/mol. The van der Waals surface area contributed by atoms with Gasteiger partial charge in [-0.1, -0.05) is 70.5 Å². The molecule has 2 fully saturated rings. The number of aryl methyl sites for hydroxylation is 1. The van der Waals surface area contributed by atoms with Gasteiger partial charge in [0, 0.05) is 44.1 Å². The normalized spacial score (nSPS) is 20.2. The first-order chi connectivity index (χ1) is 19.4. The van der Waals surface area contributed by atoms with E-state index < -0.39 is 11.9 Å². The third-order valence-electron chi connectivity index (χ3n) is 8.05. The predicted octanol–water partition coefficient (Wildman–Crippen LogP) is 6.46. The number of rotatable bonds is 9. The monoisotopic (exact) mass is 607 g/mol. The molecular formula is C32H35BrFN3O3. The van der Waals surface area contributed by atoms with Gasteiger partial charge in [0.2, 0.25) is 0 Å². The summed E-state index contributed by atoms with van der Waals surface area (Å²) in [7, 11) is 1.73. The van der Waals surface area contributed by atoms with Crippen LogP contribution in [-0.2, 0) is 11.2 Å². The smallest absolute Gasteiger partial charge is 0.411 e. The number of fused-ring (bicyclic) bond motifs is 1. The number of likely N-dealkylation sites (N-methyl/N-ethyl adjacent to an activating group) is 1. The quantitative estimate of drug-likeness (QED) is 0.284. The summed E-state index contributed by atoms with van der Waals surface area (Å²) in [6, 6.07) is 22.5. The zero-order chi connectivity index (χ0) is 28.1. The molecule has 0 radical (unpaired) electrons. The van der Waals surface area contributed by atoms with E-state index >= 15 is 0 Å². The molecule has 1 heterocycles. The van der Waals surface area contributed by atoms with Crippen molar-refractivity contribution >= 4 is 33.6 Å². The zero-order valence-electron chi connectivity index (χ0n) is 22.7. The van der Waals surface area contributed by atoms with Crippen LogP contribution < -0.4 is 5.32 Å². The number of benzene rings is 3. The third kappa shape index (κ3) is 6.73. The molecule has 210 valence electrons. The van der Waals surface area contributed by atoms with E-state index in [0.29, 0.717) is 18.4 Å². The maximum absolute atomic E-state index is 14.5. The maximum Gasteiger partial charge on any atom is 0.411 e. The summed E-state index contributed by atoms with van der Waals surface area (Å²) in [5.41, 5.74) is 3.71. The lowest BCUT2D eigenvalue weighted by Gasteiger charge is -2.23. The minimum Gasteiger partial charge on any atom is -0.446 e. The largest absolute Gasteiger partial charge is 0.446 e. The molecule has 2 amide bonds. The van der Waals surface area contributed by atoms with E-state index in [1.165, 1.54) is 6.07 Å². The lowest BCUT2D eigenvalue weighted by molar-refractivity contribution is 0.0774. The van der Waals surface area contributed by atoms with Crippen LogP contribution in [0.4, 0.5) is 14.9 Å². The molecule has 1 aliphatic heterocycles. The molecule has 3 aromatic carbocycles. The van der Waals surface area contributed by atoms with Crippen molar-refractivity contribution in [1.82, 2.24) is 9.80 Å². The average molecular weight is 609 g/mol. The molecule has 6 nitrogen and oxygen atoms in total. The number of nitrogens with one attached hydrogen (secondary N) is 1. The molecule has 1 saturated heterocycles. The standard InChI is InChI=1S/C32H35BrFN3O3/c1-36(31(38)28-12-11-22(13-14-33)17-29(28)34)15-16-37-20-24-18-26(19-25(24)21-37)40-32(39)35-30-10-6-5-9-27(30)23-7-3-2-4-8-23/h2-12,17,24-26H,13-16,18-21H2,1H3,(H,35,39)/t24-,25+,26+. The third-order valence-corrected chi connectivity index (χ3v) is 8.45. The van der Waals surface area contributed by atoms with Crippen molar-refractivity contribution in [1.29, 1.82) is 0 Å². The number of para-hydroxylation sites is 1. The first-order valence-corrected chi connectivity index (χ1v) is 15.0. The van der Waals surface area contributed by atoms with Crippen LogP contribution in [0, 0.1) is 17.7 Å². The van der Waals surface area contributed by atoms with Crippen molar-refractivity contribution in [3.05, 3.63) is 89.7 Å². The van der Waals surface area contributed by atoms with Gasteiger partial charge in [-0.3, -0.25) is 10.1 Å². The highest BCUT2D eigenvalue weighted by molar-refractivity contribution is 9.09. The van der Waals surface area contributed by atoms with E-state index in [1.807, 2.05) is 60.7 Å². The maximum atomic E-state index is 14.5. The molecular weight excluding hydrogens is 573 g/mol. The number of amides is 2. The van der Waals surface area contributed by atoms with Crippen LogP contribution >= 0.6 is 15.9 Å². The van der Waals surface area contributed by atoms with E-state index in [0.717, 1.165) is 66.6 Å². The number of anilines is 1. The molecule has 0 aromatic heterocycles. The molecule has 3 aromatic rings. The lowest BCUT2D eigenvalue weighted by Crippen LogP contribution is -2.36. The highest BCUT2D eigenvalue weighted by atomic mass is 79.9. The molecule has 0 unspecified atom stereocenters. The Morgan fingerprint density at radius 1 is 1.02 bits per heavy atom. The second-order valence-corrected chi connectivity index (χ2v) is 11.6. The summed E-state index contributed by atoms with van der Waals surface area (Å²) in [6.45, 7) is 3.10. The fourth-order valence-electron chi connectivity index (χ4n) is 5.97. The van der Waals surface area contributed by atoms with Crippen LogP contribution in [0.3, 0.4) is 0 Å². The first-order valence-electron chi connectivity index (χ1n) is 13.9. The first kappa shape index (κ1) is 28.3. The molecule has 3 atom stereocenters. The fraction of sp³-hybridized carbons (Fsp3) is 0.375. The van der Waals surface area contributed by atoms with Gasteiger partial charge in [-0.25, -0.2) is 9.18 Å². The van der Waals surface area contributed by atoms with Crippen LogP contribution in [-0.4, -0.2) is 66.5 Å². The highest BCUT2D eigenvalue weighted by Crippen LogP contribution is 2.39. The van der Waals surface area contributed by atoms with Gasteiger partial charge in [-0.15, -0.1) is 0 Å². The van der Waals surface area contributed by atoms with Gasteiger partial charge >= 0.3 is 6.09 Å². The van der Waals surface area contributed by atoms with Crippen LogP contribution in [0.2, 0.25) is 0 Å². The average Bonchev–Trinajstić information content (AvgIpc) is 3.50. The molecule has 5 rings (SSSR count). The summed E-state index contributed by atoms with van der Waals surface area (Å²) < 4.78 is 20.3. The molecule has 1 saturated carbocycles. The number of hydrogen-bond acceptors (Lipinski definition) is 4. The summed E-state index contributed by atoms with van der Waals surface area (Å²) in [5.74, 6) is 0.171. The molecule has 0 bridgehead atoms. The van der Waals surface area contributed by atoms with E-state index in [-0.39, 0.29) is 17.6 Å². The van der Waals surface area contributed by atoms with Crippen LogP contribution in [0.5, 0.6) is 0 Å². The number of carbonyl (C=O) groups excluding carboxylic acids is 2. The van der Waals surface area contributed by atoms with E-state index in [4.69, 9.17) is 4.74 Å². The number of nitrogens with zero attached hydrogens (tertiary/aromatic N) is 2. The van der Waals surface area contributed by atoms with Crippen molar-refractivity contribution in [3.63, 3.8) is 0 Å². The topological polar surface area (TPSA) is 61.9 Å². The second-order valence-electron chi connectivity index (χ2n) is 10.8. The van der Waals surface area contributed by atoms with Gasteiger partial charge in [0.25, 0.3) is 5.91 Å². The lowest BCUT2D eigenvalue weighted by atomic mass is 10.0. The van der Waals surface area contributed by atoms with Crippen molar-refractivity contribution in [2.75, 3.05) is 43.9 Å². The van der Waals surface area contributed by atoms with Gasteiger partial charge in [-0.2, -0.15) is 0 Å². The Morgan fingerprint density at radius 2 is 1.73 bits per heavy atom. The van der Waals surface area contributed by atoms with Gasteiger partial charge < -0.3 is 14.5 Å². The molecule has 1 aliphatic carbocycles. The number of carbonyl (C=O) groups is 2. The molecule has 40 heavy (non-hydrogen) atoms. The van der Waals surface area contributed by atoms with E-state index in [1.54, 1.807) is 18.0 Å². The number of alkyl halides is 1. The minimum atomic E-state index is -0.468. The van der Waals surface area contributed by atoms with Crippen molar-refractivity contribution in [2.45, 2.75) is 25.4 Å². The molecule has 1 N–H and O–H groups in total. The minimum absolute atomic E-state index is 0.0965. The Morgan fingerprint density at radius 3 is 2.42 bits per heavy atom. The van der Waals surface area contributed by atoms with E-state index in [2.05, 4.69) is 26.1 Å². The number of hydrogen-bond donors (Lipinski definition) is 1. The SMILES string of the molecule is CN(CCN1C[C@H]2C[C@H](OC(=O)Nc3ccccc3-c3ccccc3)C[C@H]2C1)C(=O)c1ccc(CCBr)cc1F. The summed E-state index contributed by atoms with van der Waals surface area (Å²) in [6.07, 6.45) is 1.89. The number of ether oxygens (including phenoxy) is 1. The van der Waals surface area contributed by atoms with Crippen LogP contribution in [0.1, 0.15) is 28.8 Å². The molecule has 8 heteroatoms. The Labute approximate surface area is 243 Å². The van der Waals surface area contributed by atoms with Crippen molar-refractivity contribution in [3.8, 4) is 11.1 Å². The molecule has 0 spiro atoms. The van der Waals surface area contributed by atoms with Gasteiger partial charge in [-0.05, 0) is 60.4 Å². The van der Waals surface area contributed by atoms with E-state index in [9.17, 15) is 14.0 Å². The fourth-order valence-corrected chi connectivity index (χ4v) is 6.43. The Kier molecular flexibility index (Phi) is 9.17. The van der Waals surface area contributed by atoms with Gasteiger partial charge in [0.05, 0.1) is 11.3 Å². The molecule has 2 aliphatic rings. The summed E-state index contributed by atoms with van der Waals surface area (Å²) in [5, 5.41) is 3.69. The summed E-state index contributed by atoms with van der Waals surface area (Å²) in [4.78, 5) is 29.5. The number of halogens is 2. The van der Waals surface area contributed by atoms with Crippen LogP contribution in [0.25, 0.3) is 11.1 Å². The van der Waals surface area contributed by atoms with Gasteiger partial charge in [0.15, 0.2) is 0 Å². The van der Waals surface area contributed by atoms with Crippen LogP contribution in [0.15, 0.2) is 72.8 Å². The zero-order valence-corrected chi connectivity index (χ0v) is 24.3.